The Kier molecular flexibility index (Phi) is 6.47. The predicted octanol–water partition coefficient (Wildman–Crippen LogP) is 2.63. The minimum absolute atomic E-state index is 0.186. The SMILES string of the molecule is CC(O)C1CN(C(=O)OCc2ccccc2)CCN1C(=O)OC(C)(C)C. The van der Waals surface area contributed by atoms with Crippen molar-refractivity contribution in [2.45, 2.75) is 52.0 Å². The van der Waals surface area contributed by atoms with Crippen LogP contribution >= 0.6 is 0 Å². The second kappa shape index (κ2) is 8.40. The minimum Gasteiger partial charge on any atom is -0.445 e. The van der Waals surface area contributed by atoms with Gasteiger partial charge in [-0.3, -0.25) is 4.90 Å². The first-order chi connectivity index (χ1) is 12.2. The molecular formula is C19H28N2O5. The van der Waals surface area contributed by atoms with Gasteiger partial charge >= 0.3 is 12.2 Å². The molecule has 1 saturated heterocycles. The van der Waals surface area contributed by atoms with Crippen LogP contribution in [-0.4, -0.2) is 64.5 Å². The quantitative estimate of drug-likeness (QED) is 0.892. The third kappa shape index (κ3) is 5.62. The molecule has 1 fully saturated rings. The highest BCUT2D eigenvalue weighted by Gasteiger charge is 2.37. The highest BCUT2D eigenvalue weighted by atomic mass is 16.6. The van der Waals surface area contributed by atoms with Crippen LogP contribution in [0.5, 0.6) is 0 Å². The molecule has 7 nitrogen and oxygen atoms in total. The van der Waals surface area contributed by atoms with Gasteiger partial charge < -0.3 is 19.5 Å². The maximum absolute atomic E-state index is 12.4. The van der Waals surface area contributed by atoms with Gasteiger partial charge in [-0.2, -0.15) is 0 Å². The van der Waals surface area contributed by atoms with E-state index in [1.54, 1.807) is 27.7 Å². The summed E-state index contributed by atoms with van der Waals surface area (Å²) in [4.78, 5) is 27.7. The fourth-order valence-corrected chi connectivity index (χ4v) is 2.75. The average Bonchev–Trinajstić information content (AvgIpc) is 2.58. The summed E-state index contributed by atoms with van der Waals surface area (Å²) >= 11 is 0. The lowest BCUT2D eigenvalue weighted by molar-refractivity contribution is -0.0282. The number of nitrogens with zero attached hydrogens (tertiary/aromatic N) is 2. The molecule has 26 heavy (non-hydrogen) atoms. The smallest absolute Gasteiger partial charge is 0.410 e. The largest absolute Gasteiger partial charge is 0.445 e. The van der Waals surface area contributed by atoms with Crippen LogP contribution in [0, 0.1) is 0 Å². The van der Waals surface area contributed by atoms with Crippen molar-refractivity contribution in [1.82, 2.24) is 9.80 Å². The second-order valence-corrected chi connectivity index (χ2v) is 7.47. The van der Waals surface area contributed by atoms with Crippen LogP contribution in [0.2, 0.25) is 0 Å². The Bertz CT molecular complexity index is 612. The first-order valence-electron chi connectivity index (χ1n) is 8.80. The highest BCUT2D eigenvalue weighted by Crippen LogP contribution is 2.19. The molecule has 1 heterocycles. The summed E-state index contributed by atoms with van der Waals surface area (Å²) in [6.07, 6.45) is -1.74. The number of rotatable bonds is 3. The fourth-order valence-electron chi connectivity index (χ4n) is 2.75. The zero-order valence-corrected chi connectivity index (χ0v) is 15.8. The summed E-state index contributed by atoms with van der Waals surface area (Å²) < 4.78 is 10.7. The molecule has 2 rings (SSSR count). The van der Waals surface area contributed by atoms with Gasteiger partial charge in [0, 0.05) is 19.6 Å². The standard InChI is InChI=1S/C19H28N2O5/c1-14(22)16-12-20(10-11-21(16)18(24)26-19(2,3)4)17(23)25-13-15-8-6-5-7-9-15/h5-9,14,16,22H,10-13H2,1-4H3. The van der Waals surface area contributed by atoms with Gasteiger partial charge in [0.25, 0.3) is 0 Å². The number of ether oxygens (including phenoxy) is 2. The fraction of sp³-hybridized carbons (Fsp3) is 0.579. The Morgan fingerprint density at radius 3 is 2.42 bits per heavy atom. The molecule has 0 saturated carbocycles. The van der Waals surface area contributed by atoms with Crippen molar-refractivity contribution in [3.63, 3.8) is 0 Å². The van der Waals surface area contributed by atoms with E-state index in [9.17, 15) is 14.7 Å². The van der Waals surface area contributed by atoms with Crippen molar-refractivity contribution in [2.75, 3.05) is 19.6 Å². The van der Waals surface area contributed by atoms with Crippen molar-refractivity contribution in [2.24, 2.45) is 0 Å². The van der Waals surface area contributed by atoms with Crippen molar-refractivity contribution >= 4 is 12.2 Å². The molecule has 0 spiro atoms. The molecule has 144 valence electrons. The maximum atomic E-state index is 12.4. The van der Waals surface area contributed by atoms with E-state index < -0.39 is 29.9 Å². The Hall–Kier alpha value is -2.28. The van der Waals surface area contributed by atoms with Gasteiger partial charge in [-0.25, -0.2) is 9.59 Å². The van der Waals surface area contributed by atoms with E-state index >= 15 is 0 Å². The van der Waals surface area contributed by atoms with Gasteiger partial charge in [-0.1, -0.05) is 30.3 Å². The number of piperazine rings is 1. The lowest BCUT2D eigenvalue weighted by Crippen LogP contribution is -2.60. The van der Waals surface area contributed by atoms with E-state index in [4.69, 9.17) is 9.47 Å². The number of carbonyl (C=O) groups excluding carboxylic acids is 2. The van der Waals surface area contributed by atoms with Crippen molar-refractivity contribution in [3.8, 4) is 0 Å². The molecular weight excluding hydrogens is 336 g/mol. The highest BCUT2D eigenvalue weighted by molar-refractivity contribution is 5.71. The third-order valence-corrected chi connectivity index (χ3v) is 4.07. The number of benzene rings is 1. The average molecular weight is 364 g/mol. The van der Waals surface area contributed by atoms with E-state index in [2.05, 4.69) is 0 Å². The second-order valence-electron chi connectivity index (χ2n) is 7.47. The van der Waals surface area contributed by atoms with Gasteiger partial charge in [-0.15, -0.1) is 0 Å². The van der Waals surface area contributed by atoms with Gasteiger partial charge in [0.2, 0.25) is 0 Å². The number of aliphatic hydroxyl groups is 1. The molecule has 0 aromatic heterocycles. The van der Waals surface area contributed by atoms with E-state index in [0.29, 0.717) is 6.54 Å². The Balaban J connectivity index is 1.95. The number of hydrogen-bond donors (Lipinski definition) is 1. The van der Waals surface area contributed by atoms with Crippen molar-refractivity contribution < 1.29 is 24.2 Å². The molecule has 2 amide bonds. The topological polar surface area (TPSA) is 79.3 Å². The Morgan fingerprint density at radius 1 is 1.19 bits per heavy atom. The van der Waals surface area contributed by atoms with Crippen LogP contribution in [0.1, 0.15) is 33.3 Å². The molecule has 7 heteroatoms. The summed E-state index contributed by atoms with van der Waals surface area (Å²) in [7, 11) is 0. The van der Waals surface area contributed by atoms with Crippen LogP contribution in [0.4, 0.5) is 9.59 Å². The normalized spacial score (nSPS) is 19.0. The third-order valence-electron chi connectivity index (χ3n) is 4.07. The summed E-state index contributed by atoms with van der Waals surface area (Å²) in [5.41, 5.74) is 0.284. The monoisotopic (exact) mass is 364 g/mol. The van der Waals surface area contributed by atoms with Gasteiger partial charge in [-0.05, 0) is 33.3 Å². The molecule has 1 N–H and O–H groups in total. The van der Waals surface area contributed by atoms with Crippen LogP contribution < -0.4 is 0 Å². The van der Waals surface area contributed by atoms with Gasteiger partial charge in [0.1, 0.15) is 12.2 Å². The molecule has 0 aliphatic carbocycles. The molecule has 1 aromatic rings. The minimum atomic E-state index is -0.799. The molecule has 2 unspecified atom stereocenters. The van der Waals surface area contributed by atoms with E-state index in [1.807, 2.05) is 30.3 Å². The zero-order valence-electron chi connectivity index (χ0n) is 15.8. The van der Waals surface area contributed by atoms with Gasteiger partial charge in [0.15, 0.2) is 0 Å². The lowest BCUT2D eigenvalue weighted by atomic mass is 10.1. The van der Waals surface area contributed by atoms with Crippen molar-refractivity contribution in [3.05, 3.63) is 35.9 Å². The van der Waals surface area contributed by atoms with E-state index in [-0.39, 0.29) is 19.7 Å². The predicted molar refractivity (Wildman–Crippen MR) is 96.6 cm³/mol. The van der Waals surface area contributed by atoms with Crippen LogP contribution in [-0.2, 0) is 16.1 Å². The molecule has 2 atom stereocenters. The summed E-state index contributed by atoms with van der Waals surface area (Å²) in [6.45, 7) is 7.97. The Morgan fingerprint density at radius 2 is 1.85 bits per heavy atom. The summed E-state index contributed by atoms with van der Waals surface area (Å²) in [5.74, 6) is 0. The summed E-state index contributed by atoms with van der Waals surface area (Å²) in [6, 6.07) is 8.88. The lowest BCUT2D eigenvalue weighted by Gasteiger charge is -2.42. The summed E-state index contributed by atoms with van der Waals surface area (Å²) in [5, 5.41) is 10.1. The van der Waals surface area contributed by atoms with Crippen LogP contribution in [0.25, 0.3) is 0 Å². The Labute approximate surface area is 154 Å². The number of hydrogen-bond acceptors (Lipinski definition) is 5. The maximum Gasteiger partial charge on any atom is 0.410 e. The van der Waals surface area contributed by atoms with E-state index in [1.165, 1.54) is 9.80 Å². The molecule has 0 bridgehead atoms. The number of aliphatic hydroxyl groups excluding tert-OH is 1. The first kappa shape index (κ1) is 20.0. The first-order valence-corrected chi connectivity index (χ1v) is 8.80. The van der Waals surface area contributed by atoms with Crippen LogP contribution in [0.15, 0.2) is 30.3 Å². The molecule has 1 aliphatic heterocycles. The molecule has 1 aliphatic rings. The molecule has 0 radical (unpaired) electrons. The molecule has 1 aromatic carbocycles. The van der Waals surface area contributed by atoms with Gasteiger partial charge in [0.05, 0.1) is 12.1 Å². The number of amides is 2. The number of carbonyl (C=O) groups is 2. The zero-order chi connectivity index (χ0) is 19.3. The van der Waals surface area contributed by atoms with Crippen molar-refractivity contribution in [1.29, 1.82) is 0 Å². The van der Waals surface area contributed by atoms with E-state index in [0.717, 1.165) is 5.56 Å². The van der Waals surface area contributed by atoms with Crippen LogP contribution in [0.3, 0.4) is 0 Å².